The van der Waals surface area contributed by atoms with Crippen LogP contribution in [0, 0.1) is 0 Å². The molecule has 1 aromatic heterocycles. The Morgan fingerprint density at radius 3 is 1.57 bits per heavy atom. The van der Waals surface area contributed by atoms with E-state index in [-0.39, 0.29) is 16.5 Å². The Hall–Kier alpha value is -1.27. The molecule has 0 amide bonds. The summed E-state index contributed by atoms with van der Waals surface area (Å²) in [4.78, 5) is 3.38. The van der Waals surface area contributed by atoms with Crippen LogP contribution in [0.5, 0.6) is 0 Å². The summed E-state index contributed by atoms with van der Waals surface area (Å²) >= 11 is 0. The summed E-state index contributed by atoms with van der Waals surface area (Å²) in [5, 5.41) is 2.61. The predicted octanol–water partition coefficient (Wildman–Crippen LogP) is 3.32. The first-order chi connectivity index (χ1) is 6.45. The van der Waals surface area contributed by atoms with Crippen LogP contribution in [0.4, 0.5) is 0 Å². The van der Waals surface area contributed by atoms with Crippen LogP contribution in [0.3, 0.4) is 0 Å². The maximum Gasteiger partial charge on any atom is 0.0464 e. The van der Waals surface area contributed by atoms with Crippen molar-refractivity contribution in [3.05, 3.63) is 48.5 Å². The quantitative estimate of drug-likeness (QED) is 0.566. The Labute approximate surface area is 92.1 Å². The van der Waals surface area contributed by atoms with Crippen LogP contribution in [-0.2, 0) is 16.5 Å². The largest absolute Gasteiger partial charge is 0.355 e. The molecular formula is C12H9NNi. The fourth-order valence-corrected chi connectivity index (χ4v) is 1.80. The van der Waals surface area contributed by atoms with Gasteiger partial charge in [-0.05, 0) is 12.1 Å². The van der Waals surface area contributed by atoms with Gasteiger partial charge in [0.2, 0.25) is 0 Å². The van der Waals surface area contributed by atoms with Crippen molar-refractivity contribution in [2.24, 2.45) is 0 Å². The van der Waals surface area contributed by atoms with Crippen molar-refractivity contribution in [3.63, 3.8) is 0 Å². The van der Waals surface area contributed by atoms with Gasteiger partial charge in [0, 0.05) is 38.3 Å². The second-order valence-corrected chi connectivity index (χ2v) is 3.22. The number of aromatic nitrogens is 1. The summed E-state index contributed by atoms with van der Waals surface area (Å²) < 4.78 is 0. The van der Waals surface area contributed by atoms with Gasteiger partial charge in [0.05, 0.1) is 0 Å². The number of nitrogens with one attached hydrogen (secondary N) is 1. The third-order valence-electron chi connectivity index (χ3n) is 2.41. The Kier molecular flexibility index (Phi) is 2.30. The molecule has 3 rings (SSSR count). The van der Waals surface area contributed by atoms with Crippen LogP contribution in [-0.4, -0.2) is 4.98 Å². The smallest absolute Gasteiger partial charge is 0.0464 e. The van der Waals surface area contributed by atoms with Crippen LogP contribution in [0.2, 0.25) is 0 Å². The number of aromatic amines is 1. The molecule has 0 unspecified atom stereocenters. The molecule has 0 bridgehead atoms. The predicted molar refractivity (Wildman–Crippen MR) is 55.8 cm³/mol. The van der Waals surface area contributed by atoms with Gasteiger partial charge in [0.15, 0.2) is 0 Å². The fraction of sp³-hybridized carbons (Fsp3) is 0. The van der Waals surface area contributed by atoms with Crippen molar-refractivity contribution >= 4 is 21.8 Å². The van der Waals surface area contributed by atoms with E-state index in [0.717, 1.165) is 0 Å². The summed E-state index contributed by atoms with van der Waals surface area (Å²) in [5.41, 5.74) is 2.42. The van der Waals surface area contributed by atoms with Crippen molar-refractivity contribution in [2.45, 2.75) is 0 Å². The van der Waals surface area contributed by atoms with Gasteiger partial charge in [-0.1, -0.05) is 36.4 Å². The maximum atomic E-state index is 3.38. The van der Waals surface area contributed by atoms with Gasteiger partial charge < -0.3 is 4.98 Å². The minimum absolute atomic E-state index is 0. The van der Waals surface area contributed by atoms with E-state index in [1.807, 2.05) is 0 Å². The van der Waals surface area contributed by atoms with Gasteiger partial charge >= 0.3 is 0 Å². The Morgan fingerprint density at radius 2 is 1.07 bits per heavy atom. The number of H-pyrrole nitrogens is 1. The Balaban J connectivity index is 0.000000750. The van der Waals surface area contributed by atoms with E-state index in [4.69, 9.17) is 0 Å². The van der Waals surface area contributed by atoms with Crippen LogP contribution >= 0.6 is 0 Å². The molecule has 0 radical (unpaired) electrons. The zero-order valence-corrected chi connectivity index (χ0v) is 8.42. The molecule has 2 aromatic carbocycles. The summed E-state index contributed by atoms with van der Waals surface area (Å²) in [6.07, 6.45) is 0. The third-order valence-corrected chi connectivity index (χ3v) is 2.41. The van der Waals surface area contributed by atoms with Crippen molar-refractivity contribution in [3.8, 4) is 0 Å². The molecular weight excluding hydrogens is 217 g/mol. The van der Waals surface area contributed by atoms with Gasteiger partial charge in [0.1, 0.15) is 0 Å². The number of rotatable bonds is 0. The first-order valence-corrected chi connectivity index (χ1v) is 4.40. The number of para-hydroxylation sites is 2. The normalized spacial score (nSPS) is 10.3. The minimum Gasteiger partial charge on any atom is -0.355 e. The Morgan fingerprint density at radius 1 is 0.643 bits per heavy atom. The molecule has 0 fully saturated rings. The van der Waals surface area contributed by atoms with Gasteiger partial charge in [-0.25, -0.2) is 0 Å². The van der Waals surface area contributed by atoms with E-state index < -0.39 is 0 Å². The van der Waals surface area contributed by atoms with Gasteiger partial charge in [-0.15, -0.1) is 0 Å². The van der Waals surface area contributed by atoms with Crippen molar-refractivity contribution < 1.29 is 16.5 Å². The number of hydrogen-bond acceptors (Lipinski definition) is 0. The van der Waals surface area contributed by atoms with Crippen molar-refractivity contribution in [2.75, 3.05) is 0 Å². The monoisotopic (exact) mass is 225 g/mol. The number of hydrogen-bond donors (Lipinski definition) is 1. The minimum atomic E-state index is 0. The third kappa shape index (κ3) is 1.23. The van der Waals surface area contributed by atoms with E-state index in [1.54, 1.807) is 0 Å². The zero-order chi connectivity index (χ0) is 8.67. The van der Waals surface area contributed by atoms with Crippen molar-refractivity contribution in [1.82, 2.24) is 4.98 Å². The summed E-state index contributed by atoms with van der Waals surface area (Å²) in [6.45, 7) is 0. The SMILES string of the molecule is [Ni].c1ccc2c(c1)[nH]c1ccccc12. The summed E-state index contributed by atoms with van der Waals surface area (Å²) in [7, 11) is 0. The molecule has 0 aliphatic carbocycles. The van der Waals surface area contributed by atoms with Crippen molar-refractivity contribution in [1.29, 1.82) is 0 Å². The average Bonchev–Trinajstić information content (AvgIpc) is 2.56. The summed E-state index contributed by atoms with van der Waals surface area (Å²) in [5.74, 6) is 0. The van der Waals surface area contributed by atoms with Crippen LogP contribution in [0.25, 0.3) is 21.8 Å². The molecule has 0 aliphatic heterocycles. The molecule has 3 aromatic rings. The molecule has 72 valence electrons. The zero-order valence-electron chi connectivity index (χ0n) is 7.44. The number of fused-ring (bicyclic) bond motifs is 3. The van der Waals surface area contributed by atoms with Gasteiger partial charge in [-0.2, -0.15) is 0 Å². The molecule has 2 heteroatoms. The summed E-state index contributed by atoms with van der Waals surface area (Å²) in [6, 6.07) is 16.8. The second kappa shape index (κ2) is 3.47. The molecule has 0 spiro atoms. The molecule has 1 heterocycles. The van der Waals surface area contributed by atoms with E-state index in [9.17, 15) is 0 Å². The molecule has 14 heavy (non-hydrogen) atoms. The van der Waals surface area contributed by atoms with E-state index in [0.29, 0.717) is 0 Å². The molecule has 0 atom stereocenters. The fourth-order valence-electron chi connectivity index (χ4n) is 1.80. The van der Waals surface area contributed by atoms with Gasteiger partial charge in [0.25, 0.3) is 0 Å². The standard InChI is InChI=1S/C12H9N.Ni/c1-3-7-11-9(5-1)10-6-2-4-8-12(10)13-11;/h1-8,13H;. The van der Waals surface area contributed by atoms with E-state index in [2.05, 4.69) is 53.5 Å². The van der Waals surface area contributed by atoms with E-state index in [1.165, 1.54) is 21.8 Å². The topological polar surface area (TPSA) is 15.8 Å². The molecule has 0 aliphatic rings. The molecule has 0 saturated heterocycles. The van der Waals surface area contributed by atoms with Crippen LogP contribution in [0.1, 0.15) is 0 Å². The molecule has 1 N–H and O–H groups in total. The van der Waals surface area contributed by atoms with Crippen LogP contribution in [0.15, 0.2) is 48.5 Å². The number of benzene rings is 2. The van der Waals surface area contributed by atoms with E-state index >= 15 is 0 Å². The average molecular weight is 226 g/mol. The first-order valence-electron chi connectivity index (χ1n) is 4.40. The second-order valence-electron chi connectivity index (χ2n) is 3.22. The van der Waals surface area contributed by atoms with Gasteiger partial charge in [-0.3, -0.25) is 0 Å². The molecule has 0 saturated carbocycles. The molecule has 1 nitrogen and oxygen atoms in total. The van der Waals surface area contributed by atoms with Crippen LogP contribution < -0.4 is 0 Å². The first kappa shape index (κ1) is 9.29. The maximum absolute atomic E-state index is 3.38. The Bertz CT molecular complexity index is 518.